The maximum absolute atomic E-state index is 11.9. The summed E-state index contributed by atoms with van der Waals surface area (Å²) in [6.07, 6.45) is 0.0869. The van der Waals surface area contributed by atoms with Gasteiger partial charge >= 0.3 is 5.97 Å². The van der Waals surface area contributed by atoms with Gasteiger partial charge in [-0.1, -0.05) is 0 Å². The number of hydrogen-bond donors (Lipinski definition) is 1. The zero-order valence-corrected chi connectivity index (χ0v) is 11.6. The zero-order valence-electron chi connectivity index (χ0n) is 10.8. The van der Waals surface area contributed by atoms with Crippen molar-refractivity contribution in [3.8, 4) is 0 Å². The number of ether oxygens (including phenoxy) is 1. The van der Waals surface area contributed by atoms with Gasteiger partial charge in [0.1, 0.15) is 0 Å². The van der Waals surface area contributed by atoms with Gasteiger partial charge < -0.3 is 9.64 Å². The number of esters is 1. The van der Waals surface area contributed by atoms with Gasteiger partial charge in [-0.15, -0.1) is 0 Å². The van der Waals surface area contributed by atoms with Crippen molar-refractivity contribution >= 4 is 27.6 Å². The molecule has 0 bridgehead atoms. The highest BCUT2D eigenvalue weighted by Crippen LogP contribution is 2.26. The van der Waals surface area contributed by atoms with Gasteiger partial charge in [0.15, 0.2) is 0 Å². The maximum Gasteiger partial charge on any atom is 0.311 e. The molecular weight excluding hydrogens is 284 g/mol. The molecule has 1 aliphatic heterocycles. The second-order valence-electron chi connectivity index (χ2n) is 4.47. The summed E-state index contributed by atoms with van der Waals surface area (Å²) in [5.41, 5.74) is 0.522. The molecule has 1 amide bonds. The van der Waals surface area contributed by atoms with E-state index in [-0.39, 0.29) is 23.8 Å². The Morgan fingerprint density at radius 1 is 1.35 bits per heavy atom. The Balaban J connectivity index is 2.21. The van der Waals surface area contributed by atoms with Crippen LogP contribution >= 0.6 is 0 Å². The van der Waals surface area contributed by atoms with Gasteiger partial charge in [0.25, 0.3) is 0 Å². The molecule has 1 atom stereocenters. The van der Waals surface area contributed by atoms with Crippen LogP contribution < -0.4 is 10.0 Å². The highest BCUT2D eigenvalue weighted by molar-refractivity contribution is 7.89. The number of anilines is 1. The monoisotopic (exact) mass is 298 g/mol. The van der Waals surface area contributed by atoms with Crippen molar-refractivity contribution in [3.63, 3.8) is 0 Å². The lowest BCUT2D eigenvalue weighted by Crippen LogP contribution is -2.26. The number of sulfonamides is 1. The summed E-state index contributed by atoms with van der Waals surface area (Å²) >= 11 is 0. The molecule has 108 valence electrons. The van der Waals surface area contributed by atoms with Gasteiger partial charge in [-0.3, -0.25) is 9.59 Å². The molecule has 2 rings (SSSR count). The van der Waals surface area contributed by atoms with Gasteiger partial charge in [-0.25, -0.2) is 13.6 Å². The van der Waals surface area contributed by atoms with Crippen LogP contribution in [0.5, 0.6) is 0 Å². The second kappa shape index (κ2) is 5.22. The fourth-order valence-corrected chi connectivity index (χ4v) is 2.61. The van der Waals surface area contributed by atoms with Crippen molar-refractivity contribution in [1.29, 1.82) is 0 Å². The van der Waals surface area contributed by atoms with Crippen LogP contribution in [0, 0.1) is 5.92 Å². The number of methoxy groups -OCH3 is 1. The first kappa shape index (κ1) is 14.5. The van der Waals surface area contributed by atoms with E-state index in [4.69, 9.17) is 5.14 Å². The van der Waals surface area contributed by atoms with E-state index in [1.54, 1.807) is 0 Å². The van der Waals surface area contributed by atoms with Crippen LogP contribution in [0.1, 0.15) is 6.42 Å². The lowest BCUT2D eigenvalue weighted by molar-refractivity contribution is -0.145. The standard InChI is InChI=1S/C12H14N2O5S/c1-19-12(16)8-6-11(15)14(7-8)9-2-4-10(5-3-9)20(13,17)18/h2-5,8H,6-7H2,1H3,(H2,13,17,18)/t8-/m1/s1. The Morgan fingerprint density at radius 2 is 1.95 bits per heavy atom. The van der Waals surface area contributed by atoms with Gasteiger partial charge in [0.2, 0.25) is 15.9 Å². The van der Waals surface area contributed by atoms with Gasteiger partial charge in [-0.2, -0.15) is 0 Å². The third-order valence-electron chi connectivity index (χ3n) is 3.14. The average molecular weight is 298 g/mol. The predicted octanol–water partition coefficient (Wildman–Crippen LogP) is -0.140. The molecule has 2 N–H and O–H groups in total. The van der Waals surface area contributed by atoms with E-state index in [9.17, 15) is 18.0 Å². The van der Waals surface area contributed by atoms with Crippen molar-refractivity contribution < 1.29 is 22.7 Å². The minimum atomic E-state index is -3.76. The zero-order chi connectivity index (χ0) is 14.9. The number of amides is 1. The second-order valence-corrected chi connectivity index (χ2v) is 6.03. The third kappa shape index (κ3) is 2.81. The first-order chi connectivity index (χ1) is 9.32. The van der Waals surface area contributed by atoms with E-state index >= 15 is 0 Å². The molecule has 0 saturated carbocycles. The number of carbonyl (C=O) groups is 2. The number of nitrogens with two attached hydrogens (primary N) is 1. The van der Waals surface area contributed by atoms with Crippen LogP contribution in [0.25, 0.3) is 0 Å². The predicted molar refractivity (Wildman–Crippen MR) is 70.3 cm³/mol. The lowest BCUT2D eigenvalue weighted by Gasteiger charge is -2.16. The normalized spacial score (nSPS) is 19.2. The molecule has 1 aliphatic rings. The van der Waals surface area contributed by atoms with Crippen LogP contribution in [-0.4, -0.2) is 33.9 Å². The Hall–Kier alpha value is -1.93. The number of hydrogen-bond acceptors (Lipinski definition) is 5. The molecule has 8 heteroatoms. The fourth-order valence-electron chi connectivity index (χ4n) is 2.10. The summed E-state index contributed by atoms with van der Waals surface area (Å²) in [6, 6.07) is 5.61. The summed E-state index contributed by atoms with van der Waals surface area (Å²) < 4.78 is 26.9. The van der Waals surface area contributed by atoms with Crippen LogP contribution in [0.4, 0.5) is 5.69 Å². The van der Waals surface area contributed by atoms with E-state index in [1.807, 2.05) is 0 Å². The Kier molecular flexibility index (Phi) is 3.78. The first-order valence-corrected chi connectivity index (χ1v) is 7.38. The lowest BCUT2D eigenvalue weighted by atomic mass is 10.1. The Bertz CT molecular complexity index is 638. The number of primary sulfonamides is 1. The largest absolute Gasteiger partial charge is 0.469 e. The fraction of sp³-hybridized carbons (Fsp3) is 0.333. The third-order valence-corrected chi connectivity index (χ3v) is 4.07. The van der Waals surface area contributed by atoms with Crippen molar-refractivity contribution in [2.45, 2.75) is 11.3 Å². The molecule has 1 saturated heterocycles. The molecule has 0 aliphatic carbocycles. The number of benzene rings is 1. The van der Waals surface area contributed by atoms with Crippen molar-refractivity contribution in [3.05, 3.63) is 24.3 Å². The van der Waals surface area contributed by atoms with Gasteiger partial charge in [0.05, 0.1) is 17.9 Å². The molecule has 0 aromatic heterocycles. The van der Waals surface area contributed by atoms with Crippen molar-refractivity contribution in [1.82, 2.24) is 0 Å². The number of carbonyl (C=O) groups excluding carboxylic acids is 2. The molecule has 1 aromatic carbocycles. The van der Waals surface area contributed by atoms with E-state index in [2.05, 4.69) is 4.74 Å². The van der Waals surface area contributed by atoms with E-state index in [0.29, 0.717) is 5.69 Å². The topological polar surface area (TPSA) is 107 Å². The summed E-state index contributed by atoms with van der Waals surface area (Å²) in [7, 11) is -2.49. The van der Waals surface area contributed by atoms with E-state index in [1.165, 1.54) is 36.3 Å². The van der Waals surface area contributed by atoms with Crippen LogP contribution in [0.3, 0.4) is 0 Å². The van der Waals surface area contributed by atoms with Crippen molar-refractivity contribution in [2.75, 3.05) is 18.6 Å². The average Bonchev–Trinajstić information content (AvgIpc) is 2.79. The van der Waals surface area contributed by atoms with E-state index in [0.717, 1.165) is 0 Å². The Morgan fingerprint density at radius 3 is 2.45 bits per heavy atom. The van der Waals surface area contributed by atoms with Crippen LogP contribution in [-0.2, 0) is 24.3 Å². The van der Waals surface area contributed by atoms with Crippen LogP contribution in [0.2, 0.25) is 0 Å². The molecule has 7 nitrogen and oxygen atoms in total. The molecule has 1 fully saturated rings. The molecule has 0 radical (unpaired) electrons. The molecule has 20 heavy (non-hydrogen) atoms. The van der Waals surface area contributed by atoms with E-state index < -0.39 is 21.9 Å². The highest BCUT2D eigenvalue weighted by atomic mass is 32.2. The molecule has 0 spiro atoms. The minimum absolute atomic E-state index is 0.0302. The van der Waals surface area contributed by atoms with Gasteiger partial charge in [-0.05, 0) is 24.3 Å². The summed E-state index contributed by atoms with van der Waals surface area (Å²) in [5.74, 6) is -1.13. The quantitative estimate of drug-likeness (QED) is 0.782. The molecular formula is C12H14N2O5S. The smallest absolute Gasteiger partial charge is 0.311 e. The summed E-state index contributed by atoms with van der Waals surface area (Å²) in [4.78, 5) is 24.7. The molecule has 0 unspecified atom stereocenters. The SMILES string of the molecule is COC(=O)[C@@H]1CC(=O)N(c2ccc(S(N)(=O)=O)cc2)C1. The first-order valence-electron chi connectivity index (χ1n) is 5.84. The summed E-state index contributed by atoms with van der Waals surface area (Å²) in [5, 5.41) is 5.00. The minimum Gasteiger partial charge on any atom is -0.469 e. The van der Waals surface area contributed by atoms with Gasteiger partial charge in [0, 0.05) is 18.7 Å². The molecule has 1 heterocycles. The van der Waals surface area contributed by atoms with Crippen molar-refractivity contribution in [2.24, 2.45) is 11.1 Å². The highest BCUT2D eigenvalue weighted by Gasteiger charge is 2.35. The summed E-state index contributed by atoms with van der Waals surface area (Å²) in [6.45, 7) is 0.222. The maximum atomic E-state index is 11.9. The Labute approximate surface area is 116 Å². The van der Waals surface area contributed by atoms with Crippen LogP contribution in [0.15, 0.2) is 29.2 Å². The molecule has 1 aromatic rings. The number of nitrogens with zero attached hydrogens (tertiary/aromatic N) is 1. The number of rotatable bonds is 3.